The Morgan fingerprint density at radius 3 is 2.35 bits per heavy atom. The molecule has 1 saturated carbocycles. The van der Waals surface area contributed by atoms with Gasteiger partial charge < -0.3 is 10.0 Å². The molecule has 0 aromatic heterocycles. The zero-order valence-corrected chi connectivity index (χ0v) is 11.4. The number of piperidine rings is 1. The maximum absolute atomic E-state index is 12.6. The molecule has 1 heterocycles. The Hall–Kier alpha value is -1.84. The summed E-state index contributed by atoms with van der Waals surface area (Å²) in [7, 11) is 0. The van der Waals surface area contributed by atoms with E-state index in [2.05, 4.69) is 0 Å². The van der Waals surface area contributed by atoms with Crippen molar-refractivity contribution in [2.75, 3.05) is 6.54 Å². The Bertz CT molecular complexity index is 523. The zero-order chi connectivity index (χ0) is 14.1. The summed E-state index contributed by atoms with van der Waals surface area (Å²) in [4.78, 5) is 25.5. The second-order valence-corrected chi connectivity index (χ2v) is 5.78. The number of carboxylic acid groups (broad SMARTS) is 1. The lowest BCUT2D eigenvalue weighted by atomic mass is 9.91. The van der Waals surface area contributed by atoms with E-state index in [4.69, 9.17) is 5.11 Å². The third-order valence-corrected chi connectivity index (χ3v) is 4.63. The van der Waals surface area contributed by atoms with Gasteiger partial charge in [0.05, 0.1) is 5.56 Å². The first-order valence-electron chi connectivity index (χ1n) is 7.31. The number of benzene rings is 1. The Labute approximate surface area is 118 Å². The van der Waals surface area contributed by atoms with Crippen molar-refractivity contribution in [2.45, 2.75) is 38.1 Å². The van der Waals surface area contributed by atoms with E-state index in [1.54, 1.807) is 12.1 Å². The van der Waals surface area contributed by atoms with Crippen LogP contribution in [0.15, 0.2) is 24.3 Å². The van der Waals surface area contributed by atoms with Gasteiger partial charge in [-0.25, -0.2) is 4.79 Å². The van der Waals surface area contributed by atoms with E-state index >= 15 is 0 Å². The molecule has 3 rings (SSSR count). The van der Waals surface area contributed by atoms with E-state index in [1.165, 1.54) is 31.4 Å². The number of carboxylic acids is 1. The molecule has 4 nitrogen and oxygen atoms in total. The van der Waals surface area contributed by atoms with E-state index in [-0.39, 0.29) is 11.5 Å². The molecule has 1 aromatic rings. The molecular formula is C16H19NO3. The summed E-state index contributed by atoms with van der Waals surface area (Å²) in [5.41, 5.74) is 0.821. The molecule has 1 amide bonds. The van der Waals surface area contributed by atoms with Gasteiger partial charge in [-0.15, -0.1) is 0 Å². The molecule has 2 aliphatic rings. The fourth-order valence-corrected chi connectivity index (χ4v) is 3.63. The molecule has 2 fully saturated rings. The van der Waals surface area contributed by atoms with Crippen molar-refractivity contribution in [1.29, 1.82) is 0 Å². The number of carbonyl (C=O) groups excluding carboxylic acids is 1. The molecule has 0 spiro atoms. The van der Waals surface area contributed by atoms with Crippen molar-refractivity contribution in [3.63, 3.8) is 0 Å². The minimum Gasteiger partial charge on any atom is -0.478 e. The zero-order valence-electron chi connectivity index (χ0n) is 11.4. The molecule has 1 aromatic carbocycles. The van der Waals surface area contributed by atoms with Gasteiger partial charge in [-0.1, -0.05) is 6.42 Å². The van der Waals surface area contributed by atoms with Gasteiger partial charge in [-0.3, -0.25) is 4.79 Å². The SMILES string of the molecule is O=C(O)c1ccc(C(=O)N2CCC[C@@H]3CCC[C@@H]32)cc1. The van der Waals surface area contributed by atoms with Crippen molar-refractivity contribution in [3.05, 3.63) is 35.4 Å². The van der Waals surface area contributed by atoms with Crippen LogP contribution >= 0.6 is 0 Å². The largest absolute Gasteiger partial charge is 0.478 e. The van der Waals surface area contributed by atoms with Crippen molar-refractivity contribution in [2.24, 2.45) is 5.92 Å². The van der Waals surface area contributed by atoms with E-state index in [0.29, 0.717) is 17.5 Å². The smallest absolute Gasteiger partial charge is 0.335 e. The highest BCUT2D eigenvalue weighted by atomic mass is 16.4. The second-order valence-electron chi connectivity index (χ2n) is 5.78. The van der Waals surface area contributed by atoms with Gasteiger partial charge in [-0.2, -0.15) is 0 Å². The normalized spacial score (nSPS) is 25.3. The first-order chi connectivity index (χ1) is 9.66. The average Bonchev–Trinajstić information content (AvgIpc) is 2.95. The molecule has 0 radical (unpaired) electrons. The van der Waals surface area contributed by atoms with Crippen LogP contribution in [0.2, 0.25) is 0 Å². The number of hydrogen-bond acceptors (Lipinski definition) is 2. The Morgan fingerprint density at radius 2 is 1.65 bits per heavy atom. The molecule has 4 heteroatoms. The number of aromatic carboxylic acids is 1. The second kappa shape index (κ2) is 5.27. The molecule has 1 aliphatic heterocycles. The molecule has 1 N–H and O–H groups in total. The standard InChI is InChI=1S/C16H19NO3/c18-15(12-6-8-13(9-7-12)16(19)20)17-10-2-4-11-3-1-5-14(11)17/h6-9,11,14H,1-5,10H2,(H,19,20)/t11-,14-/m0/s1. The van der Waals surface area contributed by atoms with Crippen LogP contribution < -0.4 is 0 Å². The van der Waals surface area contributed by atoms with Gasteiger partial charge in [0.1, 0.15) is 0 Å². The highest BCUT2D eigenvalue weighted by Gasteiger charge is 2.37. The van der Waals surface area contributed by atoms with Crippen molar-refractivity contribution >= 4 is 11.9 Å². The molecule has 0 bridgehead atoms. The summed E-state index contributed by atoms with van der Waals surface area (Å²) in [6, 6.07) is 6.67. The Kier molecular flexibility index (Phi) is 3.47. The molecule has 20 heavy (non-hydrogen) atoms. The third kappa shape index (κ3) is 2.30. The fraction of sp³-hybridized carbons (Fsp3) is 0.500. The van der Waals surface area contributed by atoms with Crippen LogP contribution in [0.1, 0.15) is 52.8 Å². The number of amides is 1. The molecule has 1 saturated heterocycles. The van der Waals surface area contributed by atoms with Gasteiger partial charge in [0.2, 0.25) is 0 Å². The summed E-state index contributed by atoms with van der Waals surface area (Å²) in [6.07, 6.45) is 5.90. The summed E-state index contributed by atoms with van der Waals surface area (Å²) in [5.74, 6) is -0.234. The van der Waals surface area contributed by atoms with E-state index in [1.807, 2.05) is 4.90 Å². The quantitative estimate of drug-likeness (QED) is 0.901. The van der Waals surface area contributed by atoms with E-state index in [9.17, 15) is 9.59 Å². The fourth-order valence-electron chi connectivity index (χ4n) is 3.63. The first kappa shape index (κ1) is 13.2. The van der Waals surface area contributed by atoms with Crippen molar-refractivity contribution in [1.82, 2.24) is 4.90 Å². The molecule has 2 atom stereocenters. The van der Waals surface area contributed by atoms with E-state index in [0.717, 1.165) is 19.4 Å². The van der Waals surface area contributed by atoms with Crippen LogP contribution in [0.3, 0.4) is 0 Å². The number of hydrogen-bond donors (Lipinski definition) is 1. The third-order valence-electron chi connectivity index (χ3n) is 4.63. The average molecular weight is 273 g/mol. The number of nitrogens with zero attached hydrogens (tertiary/aromatic N) is 1. The van der Waals surface area contributed by atoms with Gasteiger partial charge >= 0.3 is 5.97 Å². The van der Waals surface area contributed by atoms with Crippen LogP contribution in [0.25, 0.3) is 0 Å². The Morgan fingerprint density at radius 1 is 1.00 bits per heavy atom. The number of rotatable bonds is 2. The number of fused-ring (bicyclic) bond motifs is 1. The molecule has 0 unspecified atom stereocenters. The van der Waals surface area contributed by atoms with Crippen LogP contribution in [-0.2, 0) is 0 Å². The molecule has 1 aliphatic carbocycles. The van der Waals surface area contributed by atoms with Gasteiger partial charge in [0.25, 0.3) is 5.91 Å². The maximum Gasteiger partial charge on any atom is 0.335 e. The van der Waals surface area contributed by atoms with Crippen LogP contribution in [0, 0.1) is 5.92 Å². The van der Waals surface area contributed by atoms with Crippen molar-refractivity contribution in [3.8, 4) is 0 Å². The minimum atomic E-state index is -0.960. The lowest BCUT2D eigenvalue weighted by Crippen LogP contribution is -2.46. The Balaban J connectivity index is 1.79. The lowest BCUT2D eigenvalue weighted by Gasteiger charge is -2.37. The molecular weight excluding hydrogens is 254 g/mol. The highest BCUT2D eigenvalue weighted by molar-refractivity contribution is 5.96. The van der Waals surface area contributed by atoms with E-state index < -0.39 is 5.97 Å². The number of carbonyl (C=O) groups is 2. The minimum absolute atomic E-state index is 0.0542. The number of likely N-dealkylation sites (tertiary alicyclic amines) is 1. The van der Waals surface area contributed by atoms with Gasteiger partial charge in [0, 0.05) is 18.2 Å². The van der Waals surface area contributed by atoms with Crippen LogP contribution in [-0.4, -0.2) is 34.5 Å². The lowest BCUT2D eigenvalue weighted by molar-refractivity contribution is 0.0547. The van der Waals surface area contributed by atoms with Gasteiger partial charge in [0.15, 0.2) is 0 Å². The molecule has 106 valence electrons. The van der Waals surface area contributed by atoms with Crippen molar-refractivity contribution < 1.29 is 14.7 Å². The topological polar surface area (TPSA) is 57.6 Å². The predicted molar refractivity (Wildman–Crippen MR) is 74.8 cm³/mol. The summed E-state index contributed by atoms with van der Waals surface area (Å²) in [5, 5.41) is 8.89. The predicted octanol–water partition coefficient (Wildman–Crippen LogP) is 2.79. The van der Waals surface area contributed by atoms with Crippen LogP contribution in [0.4, 0.5) is 0 Å². The highest BCUT2D eigenvalue weighted by Crippen LogP contribution is 2.37. The summed E-state index contributed by atoms with van der Waals surface area (Å²) < 4.78 is 0. The maximum atomic E-state index is 12.6. The monoisotopic (exact) mass is 273 g/mol. The van der Waals surface area contributed by atoms with Crippen LogP contribution in [0.5, 0.6) is 0 Å². The first-order valence-corrected chi connectivity index (χ1v) is 7.31. The summed E-state index contributed by atoms with van der Waals surface area (Å²) >= 11 is 0. The summed E-state index contributed by atoms with van der Waals surface area (Å²) in [6.45, 7) is 0.834. The van der Waals surface area contributed by atoms with Gasteiger partial charge in [-0.05, 0) is 55.9 Å².